The van der Waals surface area contributed by atoms with Gasteiger partial charge in [0.25, 0.3) is 5.91 Å². The van der Waals surface area contributed by atoms with E-state index in [-0.39, 0.29) is 33.8 Å². The van der Waals surface area contributed by atoms with Gasteiger partial charge in [-0.2, -0.15) is 0 Å². The number of carbonyl (C=O) groups excluding carboxylic acids is 2. The maximum absolute atomic E-state index is 13.6. The largest absolute Gasteiger partial charge is 0.506 e. The number of hydrogen-bond acceptors (Lipinski definition) is 10. The average Bonchev–Trinajstić information content (AvgIpc) is 3.38. The molecule has 1 saturated heterocycles. The molecule has 248 valence electrons. The maximum atomic E-state index is 13.6. The SMILES string of the molecule is CN1C=C(c2cccc(Cl)c2)C(O)=C(C(=O)Nc2cccc(Sc3cnc(N4CCC5(CC4)Oc4ccccc4[C@H]5N)cn3)c2Cl)C1=C=O. The molecule has 10 nitrogen and oxygen atoms in total. The number of aliphatic hydroxyl groups is 1. The van der Waals surface area contributed by atoms with Crippen LogP contribution < -0.4 is 20.7 Å². The average molecular weight is 714 g/mol. The standard InChI is InChI=1S/C36H30Cl2N6O4S/c1-43-19-24(21-6-4-7-22(37)16-21)33(46)31(26(43)20-45)35(47)42-25-9-5-11-28(32(25)38)49-30-18-40-29(17-41-30)44-14-12-36(13-15-44)34(39)23-8-2-3-10-27(23)48-36/h2-11,16-19,34,46H,12-15,39H2,1H3,(H,42,47)/t34-/m1/s1. The second-order valence-electron chi connectivity index (χ2n) is 11.9. The van der Waals surface area contributed by atoms with E-state index in [0.29, 0.717) is 26.1 Å². The van der Waals surface area contributed by atoms with Gasteiger partial charge in [0.05, 0.1) is 29.1 Å². The number of allylic oxidation sites excluding steroid dienone is 1. The van der Waals surface area contributed by atoms with E-state index in [2.05, 4.69) is 20.2 Å². The Balaban J connectivity index is 1.04. The Morgan fingerprint density at radius 1 is 1.08 bits per heavy atom. The van der Waals surface area contributed by atoms with Gasteiger partial charge in [-0.15, -0.1) is 0 Å². The molecule has 49 heavy (non-hydrogen) atoms. The normalized spacial score (nSPS) is 18.2. The first-order valence-electron chi connectivity index (χ1n) is 15.5. The number of halogens is 2. The molecule has 0 saturated carbocycles. The number of anilines is 2. The fourth-order valence-electron chi connectivity index (χ4n) is 6.38. The summed E-state index contributed by atoms with van der Waals surface area (Å²) in [5.74, 6) is 2.26. The second-order valence-corrected chi connectivity index (χ2v) is 13.8. The number of nitrogens with two attached hydrogens (primary N) is 1. The zero-order chi connectivity index (χ0) is 34.3. The van der Waals surface area contributed by atoms with E-state index in [1.54, 1.807) is 67.8 Å². The highest BCUT2D eigenvalue weighted by molar-refractivity contribution is 7.99. The van der Waals surface area contributed by atoms with Crippen molar-refractivity contribution in [2.45, 2.75) is 34.4 Å². The first-order valence-corrected chi connectivity index (χ1v) is 17.0. The van der Waals surface area contributed by atoms with Gasteiger partial charge in [-0.1, -0.05) is 71.4 Å². The maximum Gasteiger partial charge on any atom is 0.262 e. The number of aliphatic hydroxyl groups excluding tert-OH is 1. The second kappa shape index (κ2) is 13.3. The Morgan fingerprint density at radius 3 is 2.57 bits per heavy atom. The topological polar surface area (TPSA) is 134 Å². The predicted molar refractivity (Wildman–Crippen MR) is 190 cm³/mol. The molecule has 1 amide bonds. The highest BCUT2D eigenvalue weighted by Gasteiger charge is 2.48. The van der Waals surface area contributed by atoms with E-state index in [9.17, 15) is 14.7 Å². The van der Waals surface area contributed by atoms with Crippen LogP contribution in [0.4, 0.5) is 11.5 Å². The minimum atomic E-state index is -0.736. The number of nitrogens with zero attached hydrogens (tertiary/aromatic N) is 4. The molecule has 7 rings (SSSR count). The van der Waals surface area contributed by atoms with Crippen molar-refractivity contribution in [1.82, 2.24) is 14.9 Å². The Labute approximate surface area is 296 Å². The highest BCUT2D eigenvalue weighted by atomic mass is 35.5. The predicted octanol–water partition coefficient (Wildman–Crippen LogP) is 6.82. The number of aromatic nitrogens is 2. The molecule has 4 N–H and O–H groups in total. The minimum absolute atomic E-state index is 0.134. The summed E-state index contributed by atoms with van der Waals surface area (Å²) in [7, 11) is 1.58. The molecule has 4 aromatic rings. The third-order valence-corrected chi connectivity index (χ3v) is 10.7. The zero-order valence-electron chi connectivity index (χ0n) is 26.2. The van der Waals surface area contributed by atoms with Crippen molar-refractivity contribution in [2.75, 3.05) is 30.4 Å². The molecule has 1 atom stereocenters. The van der Waals surface area contributed by atoms with Crippen molar-refractivity contribution in [3.63, 3.8) is 0 Å². The van der Waals surface area contributed by atoms with E-state index < -0.39 is 11.5 Å². The van der Waals surface area contributed by atoms with Gasteiger partial charge in [0, 0.05) is 60.2 Å². The summed E-state index contributed by atoms with van der Waals surface area (Å²) in [6, 6.07) is 19.8. The molecule has 0 unspecified atom stereocenters. The van der Waals surface area contributed by atoms with E-state index in [0.717, 1.165) is 43.1 Å². The summed E-state index contributed by atoms with van der Waals surface area (Å²) in [6.07, 6.45) is 6.49. The molecular formula is C36H30Cl2N6O4S. The van der Waals surface area contributed by atoms with Crippen LogP contribution in [0.2, 0.25) is 10.0 Å². The fourth-order valence-corrected chi connectivity index (χ4v) is 7.64. The number of piperidine rings is 1. The fraction of sp³-hybridized carbons (Fsp3) is 0.194. The smallest absolute Gasteiger partial charge is 0.262 e. The summed E-state index contributed by atoms with van der Waals surface area (Å²) in [4.78, 5) is 39.0. The van der Waals surface area contributed by atoms with Crippen LogP contribution in [0.1, 0.15) is 30.0 Å². The van der Waals surface area contributed by atoms with Crippen molar-refractivity contribution in [2.24, 2.45) is 5.73 Å². The minimum Gasteiger partial charge on any atom is -0.506 e. The quantitative estimate of drug-likeness (QED) is 0.183. The molecular weight excluding hydrogens is 683 g/mol. The number of hydrogen-bond donors (Lipinski definition) is 3. The zero-order valence-corrected chi connectivity index (χ0v) is 28.5. The summed E-state index contributed by atoms with van der Waals surface area (Å²) in [5.41, 5.74) is 8.05. The molecule has 1 aromatic heterocycles. The number of carbonyl (C=O) groups is 1. The Hall–Kier alpha value is -4.77. The number of para-hydroxylation sites is 1. The van der Waals surface area contributed by atoms with E-state index in [1.807, 2.05) is 24.3 Å². The van der Waals surface area contributed by atoms with Crippen LogP contribution in [0.3, 0.4) is 0 Å². The summed E-state index contributed by atoms with van der Waals surface area (Å²) < 4.78 is 6.37. The number of rotatable bonds is 6. The number of fused-ring (bicyclic) bond motifs is 1. The number of likely N-dealkylation sites (N-methyl/N-ethyl adjacent to an activating group) is 1. The van der Waals surface area contributed by atoms with E-state index in [1.165, 1.54) is 22.9 Å². The number of ether oxygens (including phenoxy) is 1. The van der Waals surface area contributed by atoms with Crippen LogP contribution in [-0.2, 0) is 9.59 Å². The molecule has 0 aliphatic carbocycles. The van der Waals surface area contributed by atoms with Crippen molar-refractivity contribution < 1.29 is 19.4 Å². The Morgan fingerprint density at radius 2 is 1.86 bits per heavy atom. The van der Waals surface area contributed by atoms with Gasteiger partial charge in [-0.05, 0) is 35.9 Å². The van der Waals surface area contributed by atoms with Crippen molar-refractivity contribution in [1.29, 1.82) is 0 Å². The molecule has 3 aliphatic rings. The Bertz CT molecular complexity index is 2070. The molecule has 3 aliphatic heterocycles. The number of benzene rings is 3. The van der Waals surface area contributed by atoms with Gasteiger partial charge in [-0.3, -0.25) is 4.79 Å². The third-order valence-electron chi connectivity index (χ3n) is 8.97. The van der Waals surface area contributed by atoms with Crippen molar-refractivity contribution >= 4 is 63.9 Å². The van der Waals surface area contributed by atoms with Crippen LogP contribution in [0.5, 0.6) is 5.75 Å². The van der Waals surface area contributed by atoms with Gasteiger partial charge < -0.3 is 30.7 Å². The first-order chi connectivity index (χ1) is 23.7. The van der Waals surface area contributed by atoms with Crippen LogP contribution in [0, 0.1) is 0 Å². The molecule has 0 radical (unpaired) electrons. The summed E-state index contributed by atoms with van der Waals surface area (Å²) in [6.45, 7) is 1.46. The molecule has 1 fully saturated rings. The van der Waals surface area contributed by atoms with Gasteiger partial charge >= 0.3 is 0 Å². The molecule has 13 heteroatoms. The first kappa shape index (κ1) is 32.8. The van der Waals surface area contributed by atoms with Crippen LogP contribution in [0.15, 0.2) is 112 Å². The van der Waals surface area contributed by atoms with Gasteiger partial charge in [-0.25, -0.2) is 14.8 Å². The molecule has 3 aromatic carbocycles. The highest BCUT2D eigenvalue weighted by Crippen LogP contribution is 2.47. The van der Waals surface area contributed by atoms with Crippen LogP contribution in [-0.4, -0.2) is 57.6 Å². The van der Waals surface area contributed by atoms with Crippen molar-refractivity contribution in [3.8, 4) is 5.75 Å². The number of nitrogens with one attached hydrogen (secondary N) is 1. The lowest BCUT2D eigenvalue weighted by molar-refractivity contribution is -0.112. The number of amides is 1. The van der Waals surface area contributed by atoms with Gasteiger partial charge in [0.1, 0.15) is 39.2 Å². The Kier molecular flexibility index (Phi) is 8.87. The lowest BCUT2D eigenvalue weighted by Crippen LogP contribution is -2.51. The molecule has 1 spiro atoms. The van der Waals surface area contributed by atoms with E-state index >= 15 is 0 Å². The molecule has 4 heterocycles. The van der Waals surface area contributed by atoms with Crippen LogP contribution in [0.25, 0.3) is 5.57 Å². The molecule has 0 bridgehead atoms. The van der Waals surface area contributed by atoms with E-state index in [4.69, 9.17) is 33.7 Å². The third kappa shape index (κ3) is 6.16. The lowest BCUT2D eigenvalue weighted by Gasteiger charge is -2.41. The summed E-state index contributed by atoms with van der Waals surface area (Å²) >= 11 is 14.2. The van der Waals surface area contributed by atoms with Crippen molar-refractivity contribution in [3.05, 3.63) is 124 Å². The summed E-state index contributed by atoms with van der Waals surface area (Å²) in [5, 5.41) is 15.3. The van der Waals surface area contributed by atoms with Gasteiger partial charge in [0.2, 0.25) is 0 Å². The van der Waals surface area contributed by atoms with Gasteiger partial charge in [0.15, 0.2) is 5.94 Å². The lowest BCUT2D eigenvalue weighted by atomic mass is 9.83. The monoisotopic (exact) mass is 712 g/mol. The van der Waals surface area contributed by atoms with Crippen LogP contribution >= 0.6 is 35.0 Å².